The first-order valence-corrected chi connectivity index (χ1v) is 10.7. The Morgan fingerprint density at radius 2 is 1.72 bits per heavy atom. The number of anilines is 1. The van der Waals surface area contributed by atoms with Crippen LogP contribution in [-0.2, 0) is 21.1 Å². The predicted molar refractivity (Wildman–Crippen MR) is 105 cm³/mol. The molecule has 0 atom stereocenters. The lowest BCUT2D eigenvalue weighted by atomic mass is 10.1. The van der Waals surface area contributed by atoms with Gasteiger partial charge in [0.15, 0.2) is 0 Å². The molecule has 1 aliphatic heterocycles. The summed E-state index contributed by atoms with van der Waals surface area (Å²) in [5.41, 5.74) is 6.31. The van der Waals surface area contributed by atoms with Gasteiger partial charge in [0, 0.05) is 31.4 Å². The minimum Gasteiger partial charge on any atom is -0.370 e. The number of halogens is 2. The van der Waals surface area contributed by atoms with Crippen molar-refractivity contribution in [2.75, 3.05) is 38.1 Å². The van der Waals surface area contributed by atoms with Gasteiger partial charge in [0.1, 0.15) is 11.6 Å². The minimum absolute atomic E-state index is 0.183. The van der Waals surface area contributed by atoms with Gasteiger partial charge in [0.2, 0.25) is 15.7 Å². The van der Waals surface area contributed by atoms with Gasteiger partial charge in [0.25, 0.3) is 0 Å². The zero-order chi connectivity index (χ0) is 21.2. The lowest BCUT2D eigenvalue weighted by Crippen LogP contribution is -2.29. The second kappa shape index (κ2) is 8.46. The fraction of sp³-hybridized carbons (Fsp3) is 0.350. The summed E-state index contributed by atoms with van der Waals surface area (Å²) in [6.45, 7) is 3.37. The summed E-state index contributed by atoms with van der Waals surface area (Å²) in [7, 11) is -2.20. The first-order chi connectivity index (χ1) is 13.7. The largest absolute Gasteiger partial charge is 0.370 e. The molecule has 2 aromatic rings. The number of nitrogens with zero attached hydrogens (tertiary/aromatic N) is 2. The van der Waals surface area contributed by atoms with Crippen molar-refractivity contribution in [1.29, 1.82) is 0 Å². The van der Waals surface area contributed by atoms with Crippen LogP contribution in [0, 0.1) is 11.6 Å². The van der Waals surface area contributed by atoms with Gasteiger partial charge in [0.05, 0.1) is 16.2 Å². The fourth-order valence-corrected chi connectivity index (χ4v) is 4.98. The van der Waals surface area contributed by atoms with Crippen LogP contribution in [0.2, 0.25) is 0 Å². The van der Waals surface area contributed by atoms with Crippen LogP contribution in [-0.4, -0.2) is 52.5 Å². The second-order valence-electron chi connectivity index (χ2n) is 7.19. The lowest BCUT2D eigenvalue weighted by molar-refractivity contribution is -0.117. The van der Waals surface area contributed by atoms with E-state index in [4.69, 9.17) is 5.73 Å². The SMILES string of the molecule is CN1CCCN(c2ccc(S(=O)(=O)c3cc(F)cc(F)c3)c(CC(N)=O)c2)CC1. The van der Waals surface area contributed by atoms with E-state index in [2.05, 4.69) is 9.80 Å². The molecule has 0 saturated carbocycles. The number of nitrogens with two attached hydrogens (primary N) is 1. The van der Waals surface area contributed by atoms with Crippen LogP contribution >= 0.6 is 0 Å². The van der Waals surface area contributed by atoms with Crippen LogP contribution in [0.1, 0.15) is 12.0 Å². The van der Waals surface area contributed by atoms with Crippen LogP contribution < -0.4 is 10.6 Å². The van der Waals surface area contributed by atoms with Gasteiger partial charge in [-0.2, -0.15) is 0 Å². The molecule has 1 fully saturated rings. The molecule has 0 spiro atoms. The molecule has 0 aliphatic carbocycles. The number of rotatable bonds is 5. The Morgan fingerprint density at radius 1 is 1.03 bits per heavy atom. The van der Waals surface area contributed by atoms with Crippen molar-refractivity contribution in [3.8, 4) is 0 Å². The van der Waals surface area contributed by atoms with E-state index in [1.54, 1.807) is 12.1 Å². The summed E-state index contributed by atoms with van der Waals surface area (Å²) in [4.78, 5) is 15.2. The van der Waals surface area contributed by atoms with Crippen LogP contribution in [0.15, 0.2) is 46.2 Å². The second-order valence-corrected chi connectivity index (χ2v) is 9.11. The van der Waals surface area contributed by atoms with Crippen LogP contribution in [0.4, 0.5) is 14.5 Å². The number of amides is 1. The molecule has 1 saturated heterocycles. The number of carbonyl (C=O) groups is 1. The fourth-order valence-electron chi connectivity index (χ4n) is 3.47. The number of primary amides is 1. The molecule has 1 heterocycles. The van der Waals surface area contributed by atoms with Crippen LogP contribution in [0.3, 0.4) is 0 Å². The first-order valence-electron chi connectivity index (χ1n) is 9.23. The predicted octanol–water partition coefficient (Wildman–Crippen LogP) is 1.97. The zero-order valence-electron chi connectivity index (χ0n) is 16.1. The van der Waals surface area contributed by atoms with Gasteiger partial charge in [-0.15, -0.1) is 0 Å². The summed E-state index contributed by atoms with van der Waals surface area (Å²) in [5, 5.41) is 0. The van der Waals surface area contributed by atoms with Crippen molar-refractivity contribution in [2.45, 2.75) is 22.6 Å². The number of hydrogen-bond acceptors (Lipinski definition) is 5. The van der Waals surface area contributed by atoms with Crippen molar-refractivity contribution >= 4 is 21.4 Å². The molecule has 6 nitrogen and oxygen atoms in total. The van der Waals surface area contributed by atoms with E-state index in [1.807, 2.05) is 7.05 Å². The molecular weight excluding hydrogens is 400 g/mol. The van der Waals surface area contributed by atoms with Gasteiger partial charge in [-0.05, 0) is 55.9 Å². The highest BCUT2D eigenvalue weighted by Crippen LogP contribution is 2.29. The third-order valence-electron chi connectivity index (χ3n) is 4.93. The molecular formula is C20H23F2N3O3S. The molecule has 1 amide bonds. The summed E-state index contributed by atoms with van der Waals surface area (Å²) >= 11 is 0. The van der Waals surface area contributed by atoms with E-state index < -0.39 is 32.3 Å². The summed E-state index contributed by atoms with van der Waals surface area (Å²) in [5.74, 6) is -2.68. The summed E-state index contributed by atoms with van der Waals surface area (Å²) < 4.78 is 53.2. The Balaban J connectivity index is 2.05. The molecule has 3 rings (SSSR count). The normalized spacial score (nSPS) is 15.9. The molecule has 2 N–H and O–H groups in total. The quantitative estimate of drug-likeness (QED) is 0.795. The molecule has 0 radical (unpaired) electrons. The Hall–Kier alpha value is -2.52. The Morgan fingerprint density at radius 3 is 2.38 bits per heavy atom. The molecule has 29 heavy (non-hydrogen) atoms. The summed E-state index contributed by atoms with van der Waals surface area (Å²) in [6.07, 6.45) is 0.651. The Kier molecular flexibility index (Phi) is 6.18. The Labute approximate surface area is 168 Å². The van der Waals surface area contributed by atoms with E-state index in [0.29, 0.717) is 6.07 Å². The van der Waals surface area contributed by atoms with Gasteiger partial charge in [-0.3, -0.25) is 4.79 Å². The highest BCUT2D eigenvalue weighted by molar-refractivity contribution is 7.91. The maximum absolute atomic E-state index is 13.6. The highest BCUT2D eigenvalue weighted by atomic mass is 32.2. The smallest absolute Gasteiger partial charge is 0.221 e. The van der Waals surface area contributed by atoms with Gasteiger partial charge >= 0.3 is 0 Å². The van der Waals surface area contributed by atoms with Gasteiger partial charge in [-0.1, -0.05) is 0 Å². The van der Waals surface area contributed by atoms with E-state index >= 15 is 0 Å². The molecule has 0 aromatic heterocycles. The van der Waals surface area contributed by atoms with Crippen molar-refractivity contribution in [3.05, 3.63) is 53.6 Å². The van der Waals surface area contributed by atoms with Gasteiger partial charge < -0.3 is 15.5 Å². The molecule has 156 valence electrons. The number of sulfone groups is 1. The molecule has 1 aliphatic rings. The van der Waals surface area contributed by atoms with Crippen molar-refractivity contribution in [3.63, 3.8) is 0 Å². The molecule has 9 heteroatoms. The number of hydrogen-bond donors (Lipinski definition) is 1. The summed E-state index contributed by atoms with van der Waals surface area (Å²) in [6, 6.07) is 6.76. The van der Waals surface area contributed by atoms with Gasteiger partial charge in [-0.25, -0.2) is 17.2 Å². The van der Waals surface area contributed by atoms with E-state index in [9.17, 15) is 22.0 Å². The third-order valence-corrected chi connectivity index (χ3v) is 6.76. The Bertz CT molecular complexity index is 1010. The van der Waals surface area contributed by atoms with E-state index in [0.717, 1.165) is 50.4 Å². The lowest BCUT2D eigenvalue weighted by Gasteiger charge is -2.24. The topological polar surface area (TPSA) is 83.7 Å². The monoisotopic (exact) mass is 423 g/mol. The van der Waals surface area contributed by atoms with Crippen molar-refractivity contribution in [1.82, 2.24) is 4.90 Å². The van der Waals surface area contributed by atoms with Crippen LogP contribution in [0.5, 0.6) is 0 Å². The van der Waals surface area contributed by atoms with Crippen LogP contribution in [0.25, 0.3) is 0 Å². The zero-order valence-corrected chi connectivity index (χ0v) is 16.9. The van der Waals surface area contributed by atoms with E-state index in [1.165, 1.54) is 6.07 Å². The number of likely N-dealkylation sites (N-methyl/N-ethyl adjacent to an activating group) is 1. The minimum atomic E-state index is -4.24. The first kappa shape index (κ1) is 21.2. The van der Waals surface area contributed by atoms with Crippen molar-refractivity contribution in [2.24, 2.45) is 5.73 Å². The maximum Gasteiger partial charge on any atom is 0.221 e. The number of benzene rings is 2. The molecule has 2 aromatic carbocycles. The maximum atomic E-state index is 13.6. The average molecular weight is 423 g/mol. The third kappa shape index (κ3) is 4.91. The van der Waals surface area contributed by atoms with E-state index in [-0.39, 0.29) is 16.9 Å². The standard InChI is InChI=1S/C20H23F2N3O3S/c1-24-5-2-6-25(8-7-24)17-3-4-19(14(9-17)10-20(23)26)29(27,28)18-12-15(21)11-16(22)13-18/h3-4,9,11-13H,2,5-8,10H2,1H3,(H2,23,26). The highest BCUT2D eigenvalue weighted by Gasteiger charge is 2.25. The molecule has 0 unspecified atom stereocenters. The number of carbonyl (C=O) groups excluding carboxylic acids is 1. The average Bonchev–Trinajstić information content (AvgIpc) is 2.85. The van der Waals surface area contributed by atoms with Crippen molar-refractivity contribution < 1.29 is 22.0 Å². The molecule has 0 bridgehead atoms.